The van der Waals surface area contributed by atoms with Crippen LogP contribution in [0.4, 0.5) is 0 Å². The summed E-state index contributed by atoms with van der Waals surface area (Å²) in [7, 11) is 0. The van der Waals surface area contributed by atoms with Crippen LogP contribution in [0.5, 0.6) is 0 Å². The Labute approximate surface area is 137 Å². The summed E-state index contributed by atoms with van der Waals surface area (Å²) in [6, 6.07) is 12.1. The maximum Gasteiger partial charge on any atom is 0.261 e. The van der Waals surface area contributed by atoms with Gasteiger partial charge in [0.25, 0.3) is 5.91 Å². The van der Waals surface area contributed by atoms with Crippen LogP contribution in [-0.2, 0) is 6.42 Å². The fourth-order valence-corrected chi connectivity index (χ4v) is 3.55. The SMILES string of the molecule is Cc1ccc(-c2nc(CCNC(=O)c3cccs3)cs2)cc1. The van der Waals surface area contributed by atoms with Crippen molar-refractivity contribution in [3.8, 4) is 10.6 Å². The average molecular weight is 328 g/mol. The van der Waals surface area contributed by atoms with E-state index < -0.39 is 0 Å². The topological polar surface area (TPSA) is 42.0 Å². The molecule has 3 nitrogen and oxygen atoms in total. The number of nitrogens with one attached hydrogen (secondary N) is 1. The van der Waals surface area contributed by atoms with Crippen LogP contribution >= 0.6 is 22.7 Å². The summed E-state index contributed by atoms with van der Waals surface area (Å²) in [5.74, 6) is -0.0102. The van der Waals surface area contributed by atoms with Crippen molar-refractivity contribution in [3.05, 3.63) is 63.3 Å². The fraction of sp³-hybridized carbons (Fsp3) is 0.176. The zero-order chi connectivity index (χ0) is 15.4. The monoisotopic (exact) mass is 328 g/mol. The van der Waals surface area contributed by atoms with Gasteiger partial charge in [-0.2, -0.15) is 0 Å². The van der Waals surface area contributed by atoms with E-state index in [-0.39, 0.29) is 5.91 Å². The molecule has 1 amide bonds. The standard InChI is InChI=1S/C17H16N2OS2/c1-12-4-6-13(7-5-12)17-19-14(11-22-17)8-9-18-16(20)15-3-2-10-21-15/h2-7,10-11H,8-9H2,1H3,(H,18,20). The van der Waals surface area contributed by atoms with E-state index in [1.807, 2.05) is 17.5 Å². The molecule has 1 aromatic carbocycles. The molecule has 2 aromatic heterocycles. The third kappa shape index (κ3) is 3.61. The number of nitrogens with zero attached hydrogens (tertiary/aromatic N) is 1. The normalized spacial score (nSPS) is 10.6. The number of rotatable bonds is 5. The minimum atomic E-state index is -0.0102. The van der Waals surface area contributed by atoms with E-state index in [0.717, 1.165) is 27.6 Å². The van der Waals surface area contributed by atoms with E-state index in [1.54, 1.807) is 11.3 Å². The molecule has 0 aliphatic heterocycles. The summed E-state index contributed by atoms with van der Waals surface area (Å²) in [5, 5.41) is 7.92. The van der Waals surface area contributed by atoms with Crippen molar-refractivity contribution in [2.24, 2.45) is 0 Å². The molecule has 1 N–H and O–H groups in total. The van der Waals surface area contributed by atoms with Crippen LogP contribution in [0.2, 0.25) is 0 Å². The average Bonchev–Trinajstić information content (AvgIpc) is 3.19. The second kappa shape index (κ2) is 6.85. The molecule has 0 unspecified atom stereocenters. The van der Waals surface area contributed by atoms with Gasteiger partial charge in [-0.05, 0) is 18.4 Å². The van der Waals surface area contributed by atoms with Gasteiger partial charge in [-0.3, -0.25) is 4.79 Å². The van der Waals surface area contributed by atoms with E-state index in [1.165, 1.54) is 16.9 Å². The first kappa shape index (κ1) is 14.9. The molecule has 0 atom stereocenters. The minimum Gasteiger partial charge on any atom is -0.351 e. The van der Waals surface area contributed by atoms with Crippen molar-refractivity contribution in [2.45, 2.75) is 13.3 Å². The first-order valence-corrected chi connectivity index (χ1v) is 8.81. The Kier molecular flexibility index (Phi) is 4.65. The Hall–Kier alpha value is -1.98. The molecular weight excluding hydrogens is 312 g/mol. The molecule has 0 fully saturated rings. The molecule has 2 heterocycles. The number of carbonyl (C=O) groups is 1. The summed E-state index contributed by atoms with van der Waals surface area (Å²) in [6.45, 7) is 2.68. The van der Waals surface area contributed by atoms with Gasteiger partial charge in [0, 0.05) is 23.9 Å². The number of aryl methyl sites for hydroxylation is 1. The van der Waals surface area contributed by atoms with Gasteiger partial charge in [0.2, 0.25) is 0 Å². The quantitative estimate of drug-likeness (QED) is 0.764. The number of aromatic nitrogens is 1. The van der Waals surface area contributed by atoms with Crippen molar-refractivity contribution in [1.82, 2.24) is 10.3 Å². The molecule has 0 radical (unpaired) electrons. The molecule has 112 valence electrons. The highest BCUT2D eigenvalue weighted by atomic mass is 32.1. The van der Waals surface area contributed by atoms with Crippen LogP contribution in [0.1, 0.15) is 20.9 Å². The van der Waals surface area contributed by atoms with E-state index in [4.69, 9.17) is 0 Å². The number of thiazole rings is 1. The maximum atomic E-state index is 11.8. The third-order valence-corrected chi connectivity index (χ3v) is 5.07. The second-order valence-electron chi connectivity index (χ2n) is 4.99. The van der Waals surface area contributed by atoms with Gasteiger partial charge in [0.15, 0.2) is 0 Å². The molecule has 3 aromatic rings. The van der Waals surface area contributed by atoms with Crippen LogP contribution in [0.3, 0.4) is 0 Å². The predicted octanol–water partition coefficient (Wildman–Crippen LogP) is 4.15. The van der Waals surface area contributed by atoms with E-state index in [0.29, 0.717) is 6.54 Å². The maximum absolute atomic E-state index is 11.8. The van der Waals surface area contributed by atoms with Crippen molar-refractivity contribution in [3.63, 3.8) is 0 Å². The lowest BCUT2D eigenvalue weighted by Crippen LogP contribution is -2.24. The molecule has 22 heavy (non-hydrogen) atoms. The fourth-order valence-electron chi connectivity index (χ4n) is 2.05. The van der Waals surface area contributed by atoms with Crippen LogP contribution in [0.15, 0.2) is 47.2 Å². The lowest BCUT2D eigenvalue weighted by Gasteiger charge is -2.01. The molecule has 3 rings (SSSR count). The van der Waals surface area contributed by atoms with Gasteiger partial charge >= 0.3 is 0 Å². The molecule has 0 bridgehead atoms. The third-order valence-electron chi connectivity index (χ3n) is 3.26. The Morgan fingerprint density at radius 2 is 2.00 bits per heavy atom. The first-order valence-electron chi connectivity index (χ1n) is 7.05. The minimum absolute atomic E-state index is 0.0102. The van der Waals surface area contributed by atoms with Crippen molar-refractivity contribution in [2.75, 3.05) is 6.54 Å². The van der Waals surface area contributed by atoms with Gasteiger partial charge in [-0.25, -0.2) is 4.98 Å². The predicted molar refractivity (Wildman–Crippen MR) is 92.6 cm³/mol. The number of benzene rings is 1. The number of hydrogen-bond acceptors (Lipinski definition) is 4. The van der Waals surface area contributed by atoms with Gasteiger partial charge < -0.3 is 5.32 Å². The Morgan fingerprint density at radius 3 is 2.73 bits per heavy atom. The number of hydrogen-bond donors (Lipinski definition) is 1. The van der Waals surface area contributed by atoms with Crippen LogP contribution in [0.25, 0.3) is 10.6 Å². The smallest absolute Gasteiger partial charge is 0.261 e. The Balaban J connectivity index is 1.56. The van der Waals surface area contributed by atoms with Crippen LogP contribution < -0.4 is 5.32 Å². The summed E-state index contributed by atoms with van der Waals surface area (Å²) >= 11 is 3.10. The van der Waals surface area contributed by atoms with Gasteiger partial charge in [0.1, 0.15) is 5.01 Å². The summed E-state index contributed by atoms with van der Waals surface area (Å²) in [6.07, 6.45) is 0.749. The first-order chi connectivity index (χ1) is 10.7. The van der Waals surface area contributed by atoms with Gasteiger partial charge in [-0.1, -0.05) is 35.9 Å². The van der Waals surface area contributed by atoms with E-state index >= 15 is 0 Å². The molecule has 0 aliphatic carbocycles. The molecular formula is C17H16N2OS2. The van der Waals surface area contributed by atoms with E-state index in [2.05, 4.69) is 46.9 Å². The van der Waals surface area contributed by atoms with Crippen molar-refractivity contribution >= 4 is 28.6 Å². The number of carbonyl (C=O) groups excluding carboxylic acids is 1. The molecule has 0 saturated heterocycles. The van der Waals surface area contributed by atoms with Crippen molar-refractivity contribution < 1.29 is 4.79 Å². The van der Waals surface area contributed by atoms with E-state index in [9.17, 15) is 4.79 Å². The highest BCUT2D eigenvalue weighted by Gasteiger charge is 2.07. The molecule has 0 saturated carbocycles. The lowest BCUT2D eigenvalue weighted by molar-refractivity contribution is 0.0958. The summed E-state index contributed by atoms with van der Waals surface area (Å²) in [5.41, 5.74) is 3.41. The Bertz CT molecular complexity index is 745. The number of amides is 1. The van der Waals surface area contributed by atoms with Crippen molar-refractivity contribution in [1.29, 1.82) is 0 Å². The zero-order valence-corrected chi connectivity index (χ0v) is 13.8. The second-order valence-corrected chi connectivity index (χ2v) is 6.80. The van der Waals surface area contributed by atoms with Gasteiger partial charge in [0.05, 0.1) is 10.6 Å². The Morgan fingerprint density at radius 1 is 1.18 bits per heavy atom. The highest BCUT2D eigenvalue weighted by molar-refractivity contribution is 7.13. The summed E-state index contributed by atoms with van der Waals surface area (Å²) < 4.78 is 0. The molecule has 0 aliphatic rings. The summed E-state index contributed by atoms with van der Waals surface area (Å²) in [4.78, 5) is 17.2. The highest BCUT2D eigenvalue weighted by Crippen LogP contribution is 2.24. The van der Waals surface area contributed by atoms with Crippen LogP contribution in [0, 0.1) is 6.92 Å². The largest absolute Gasteiger partial charge is 0.351 e. The molecule has 5 heteroatoms. The number of thiophene rings is 1. The lowest BCUT2D eigenvalue weighted by atomic mass is 10.2. The van der Waals surface area contributed by atoms with Crippen LogP contribution in [-0.4, -0.2) is 17.4 Å². The van der Waals surface area contributed by atoms with Gasteiger partial charge in [-0.15, -0.1) is 22.7 Å². The molecule has 0 spiro atoms. The zero-order valence-electron chi connectivity index (χ0n) is 12.2.